The number of rotatable bonds is 4. The van der Waals surface area contributed by atoms with Crippen molar-refractivity contribution in [3.8, 4) is 11.4 Å². The number of hydrogen-bond donors (Lipinski definition) is 2. The summed E-state index contributed by atoms with van der Waals surface area (Å²) in [6.45, 7) is 5.07. The van der Waals surface area contributed by atoms with Gasteiger partial charge in [-0.15, -0.1) is 5.10 Å². The molecule has 6 heteroatoms. The number of nitrogens with zero attached hydrogens (tertiary/aromatic N) is 3. The van der Waals surface area contributed by atoms with Crippen molar-refractivity contribution >= 4 is 5.95 Å². The highest BCUT2D eigenvalue weighted by molar-refractivity contribution is 5.55. The molecule has 0 bridgehead atoms. The van der Waals surface area contributed by atoms with Crippen LogP contribution in [0.25, 0.3) is 11.4 Å². The van der Waals surface area contributed by atoms with E-state index in [1.165, 1.54) is 12.8 Å². The molecule has 0 unspecified atom stereocenters. The van der Waals surface area contributed by atoms with E-state index in [-0.39, 0.29) is 0 Å². The van der Waals surface area contributed by atoms with Gasteiger partial charge in [-0.05, 0) is 45.3 Å². The molecular weight excluding hydrogens is 254 g/mol. The minimum absolute atomic E-state index is 0.770. The number of piperidine rings is 1. The molecule has 0 saturated carbocycles. The van der Waals surface area contributed by atoms with E-state index in [2.05, 4.69) is 25.4 Å². The zero-order valence-electron chi connectivity index (χ0n) is 12.0. The predicted octanol–water partition coefficient (Wildman–Crippen LogP) is 1.81. The second-order valence-electron chi connectivity index (χ2n) is 5.42. The molecule has 108 valence electrons. The van der Waals surface area contributed by atoms with Gasteiger partial charge in [0, 0.05) is 13.1 Å². The number of nitrogens with one attached hydrogen (secondary N) is 2. The summed E-state index contributed by atoms with van der Waals surface area (Å²) < 4.78 is 5.31. The molecule has 1 aliphatic rings. The summed E-state index contributed by atoms with van der Waals surface area (Å²) in [7, 11) is 2.01. The fourth-order valence-corrected chi connectivity index (χ4v) is 2.72. The lowest BCUT2D eigenvalue weighted by Crippen LogP contribution is -2.37. The summed E-state index contributed by atoms with van der Waals surface area (Å²) >= 11 is 0. The van der Waals surface area contributed by atoms with Crippen molar-refractivity contribution in [3.05, 3.63) is 18.1 Å². The van der Waals surface area contributed by atoms with Gasteiger partial charge in [0.05, 0.1) is 5.56 Å². The Bertz CT molecular complexity index is 553. The molecule has 2 aromatic heterocycles. The maximum absolute atomic E-state index is 5.31. The summed E-state index contributed by atoms with van der Waals surface area (Å²) in [6, 6.07) is 1.96. The van der Waals surface area contributed by atoms with E-state index >= 15 is 0 Å². The van der Waals surface area contributed by atoms with Crippen molar-refractivity contribution in [2.75, 3.05) is 31.6 Å². The van der Waals surface area contributed by atoms with Crippen molar-refractivity contribution in [2.45, 2.75) is 19.8 Å². The third-order valence-electron chi connectivity index (χ3n) is 3.87. The van der Waals surface area contributed by atoms with E-state index in [1.54, 1.807) is 6.26 Å². The van der Waals surface area contributed by atoms with Crippen LogP contribution in [-0.2, 0) is 0 Å². The Kier molecular flexibility index (Phi) is 3.73. The number of aromatic nitrogens is 3. The Hall–Kier alpha value is -1.82. The average Bonchev–Trinajstić information content (AvgIpc) is 3.09. The minimum atomic E-state index is 0.770. The first-order valence-corrected chi connectivity index (χ1v) is 7.13. The van der Waals surface area contributed by atoms with Crippen LogP contribution >= 0.6 is 0 Å². The maximum atomic E-state index is 5.31. The lowest BCUT2D eigenvalue weighted by atomic mass is 9.97. The Morgan fingerprint density at radius 1 is 1.45 bits per heavy atom. The molecule has 0 amide bonds. The highest BCUT2D eigenvalue weighted by Crippen LogP contribution is 2.23. The molecular formula is C14H21N5O. The average molecular weight is 275 g/mol. The Morgan fingerprint density at radius 2 is 2.25 bits per heavy atom. The first-order valence-electron chi connectivity index (χ1n) is 7.13. The summed E-state index contributed by atoms with van der Waals surface area (Å²) in [5.74, 6) is 3.22. The molecule has 0 atom stereocenters. The van der Waals surface area contributed by atoms with E-state index in [0.717, 1.165) is 48.6 Å². The van der Waals surface area contributed by atoms with Gasteiger partial charge in [-0.2, -0.15) is 4.98 Å². The van der Waals surface area contributed by atoms with Gasteiger partial charge < -0.3 is 14.6 Å². The van der Waals surface area contributed by atoms with Gasteiger partial charge in [0.1, 0.15) is 12.0 Å². The molecule has 2 aromatic rings. The van der Waals surface area contributed by atoms with Crippen LogP contribution in [0.3, 0.4) is 0 Å². The van der Waals surface area contributed by atoms with E-state index < -0.39 is 0 Å². The van der Waals surface area contributed by atoms with Crippen LogP contribution in [0, 0.1) is 12.8 Å². The molecule has 1 aliphatic heterocycles. The number of H-pyrrole nitrogens is 1. The Morgan fingerprint density at radius 3 is 2.90 bits per heavy atom. The zero-order valence-corrected chi connectivity index (χ0v) is 12.0. The standard InChI is InChI=1S/C14H21N5O/c1-10-7-12(9-20-10)13-16-14(18-17-13)19-5-3-11(4-6-19)8-15-2/h7,9,11,15H,3-6,8H2,1-2H3,(H,16,17,18). The van der Waals surface area contributed by atoms with Gasteiger partial charge in [-0.3, -0.25) is 5.10 Å². The molecule has 3 heterocycles. The normalized spacial score (nSPS) is 16.8. The smallest absolute Gasteiger partial charge is 0.245 e. The second-order valence-corrected chi connectivity index (χ2v) is 5.42. The van der Waals surface area contributed by atoms with Crippen molar-refractivity contribution in [3.63, 3.8) is 0 Å². The number of aromatic amines is 1. The zero-order chi connectivity index (χ0) is 13.9. The van der Waals surface area contributed by atoms with Gasteiger partial charge in [0.25, 0.3) is 0 Å². The number of aryl methyl sites for hydroxylation is 1. The van der Waals surface area contributed by atoms with Crippen LogP contribution in [0.4, 0.5) is 5.95 Å². The fraction of sp³-hybridized carbons (Fsp3) is 0.571. The molecule has 1 saturated heterocycles. The highest BCUT2D eigenvalue weighted by Gasteiger charge is 2.21. The van der Waals surface area contributed by atoms with Gasteiger partial charge in [0.2, 0.25) is 5.95 Å². The fourth-order valence-electron chi connectivity index (χ4n) is 2.72. The monoisotopic (exact) mass is 275 g/mol. The molecule has 6 nitrogen and oxygen atoms in total. The third-order valence-corrected chi connectivity index (χ3v) is 3.87. The first-order chi connectivity index (χ1) is 9.76. The summed E-state index contributed by atoms with van der Waals surface area (Å²) in [5, 5.41) is 10.6. The molecule has 0 spiro atoms. The SMILES string of the molecule is CNCC1CCN(c2n[nH]c(-c3coc(C)c3)n2)CC1. The van der Waals surface area contributed by atoms with Gasteiger partial charge in [0.15, 0.2) is 5.82 Å². The Labute approximate surface area is 118 Å². The van der Waals surface area contributed by atoms with Crippen LogP contribution in [0.1, 0.15) is 18.6 Å². The first kappa shape index (κ1) is 13.2. The molecule has 2 N–H and O–H groups in total. The van der Waals surface area contributed by atoms with Gasteiger partial charge in [-0.1, -0.05) is 0 Å². The molecule has 1 fully saturated rings. The molecule has 0 aromatic carbocycles. The topological polar surface area (TPSA) is 70.0 Å². The van der Waals surface area contributed by atoms with Crippen LogP contribution < -0.4 is 10.2 Å². The summed E-state index contributed by atoms with van der Waals surface area (Å²) in [4.78, 5) is 6.82. The molecule has 0 radical (unpaired) electrons. The molecule has 0 aliphatic carbocycles. The largest absolute Gasteiger partial charge is 0.469 e. The van der Waals surface area contributed by atoms with Crippen LogP contribution in [0.15, 0.2) is 16.7 Å². The van der Waals surface area contributed by atoms with E-state index in [0.29, 0.717) is 0 Å². The van der Waals surface area contributed by atoms with Crippen LogP contribution in [0.2, 0.25) is 0 Å². The summed E-state index contributed by atoms with van der Waals surface area (Å²) in [5.41, 5.74) is 0.950. The second kappa shape index (κ2) is 5.66. The molecule has 3 rings (SSSR count). The van der Waals surface area contributed by atoms with Crippen LogP contribution in [-0.4, -0.2) is 41.9 Å². The Balaban J connectivity index is 1.66. The number of anilines is 1. The van der Waals surface area contributed by atoms with Crippen molar-refractivity contribution in [2.24, 2.45) is 5.92 Å². The lowest BCUT2D eigenvalue weighted by molar-refractivity contribution is 0.391. The highest BCUT2D eigenvalue weighted by atomic mass is 16.3. The van der Waals surface area contributed by atoms with Crippen molar-refractivity contribution < 1.29 is 4.42 Å². The quantitative estimate of drug-likeness (QED) is 0.890. The maximum Gasteiger partial charge on any atom is 0.245 e. The van der Waals surface area contributed by atoms with Gasteiger partial charge >= 0.3 is 0 Å². The summed E-state index contributed by atoms with van der Waals surface area (Å²) in [6.07, 6.45) is 4.09. The van der Waals surface area contributed by atoms with Crippen molar-refractivity contribution in [1.82, 2.24) is 20.5 Å². The lowest BCUT2D eigenvalue weighted by Gasteiger charge is -2.30. The minimum Gasteiger partial charge on any atom is -0.469 e. The number of furan rings is 1. The van der Waals surface area contributed by atoms with Crippen LogP contribution in [0.5, 0.6) is 0 Å². The van der Waals surface area contributed by atoms with E-state index in [9.17, 15) is 0 Å². The predicted molar refractivity (Wildman–Crippen MR) is 77.7 cm³/mol. The van der Waals surface area contributed by atoms with Crippen molar-refractivity contribution in [1.29, 1.82) is 0 Å². The third kappa shape index (κ3) is 2.70. The molecule has 20 heavy (non-hydrogen) atoms. The van der Waals surface area contributed by atoms with E-state index in [1.807, 2.05) is 20.0 Å². The number of hydrogen-bond acceptors (Lipinski definition) is 5. The van der Waals surface area contributed by atoms with Gasteiger partial charge in [-0.25, -0.2) is 0 Å². The van der Waals surface area contributed by atoms with E-state index in [4.69, 9.17) is 4.42 Å².